The molecule has 0 aliphatic carbocycles. The van der Waals surface area contributed by atoms with Gasteiger partial charge in [-0.3, -0.25) is 4.90 Å². The van der Waals surface area contributed by atoms with E-state index in [1.54, 1.807) is 24.3 Å². The first-order valence-corrected chi connectivity index (χ1v) is 8.14. The largest absolute Gasteiger partial charge is 0.465 e. The minimum absolute atomic E-state index is 0.104. The van der Waals surface area contributed by atoms with Crippen molar-refractivity contribution < 1.29 is 12.8 Å². The summed E-state index contributed by atoms with van der Waals surface area (Å²) in [5.41, 5.74) is 0. The molecule has 5 heteroatoms. The summed E-state index contributed by atoms with van der Waals surface area (Å²) in [7, 11) is -1.33. The second kappa shape index (κ2) is 6.24. The number of aryl methyl sites for hydroxylation is 1. The molecule has 1 heterocycles. The van der Waals surface area contributed by atoms with Crippen molar-refractivity contribution in [3.05, 3.63) is 54.0 Å². The van der Waals surface area contributed by atoms with E-state index in [1.165, 1.54) is 0 Å². The highest BCUT2D eigenvalue weighted by Gasteiger charge is 2.15. The summed E-state index contributed by atoms with van der Waals surface area (Å²) in [5.74, 6) is 1.82. The first kappa shape index (κ1) is 14.8. The van der Waals surface area contributed by atoms with E-state index in [9.17, 15) is 8.42 Å². The van der Waals surface area contributed by atoms with Crippen LogP contribution >= 0.6 is 0 Å². The summed E-state index contributed by atoms with van der Waals surface area (Å²) in [4.78, 5) is 2.32. The van der Waals surface area contributed by atoms with Crippen LogP contribution < -0.4 is 0 Å². The molecule has 0 spiro atoms. The van der Waals surface area contributed by atoms with Gasteiger partial charge in [0.15, 0.2) is 9.84 Å². The van der Waals surface area contributed by atoms with Gasteiger partial charge in [0.05, 0.1) is 17.2 Å². The van der Waals surface area contributed by atoms with Crippen LogP contribution in [0.1, 0.15) is 11.5 Å². The lowest BCUT2D eigenvalue weighted by atomic mass is 10.4. The van der Waals surface area contributed by atoms with Gasteiger partial charge in [0.25, 0.3) is 0 Å². The molecule has 20 heavy (non-hydrogen) atoms. The fraction of sp³-hybridized carbons (Fsp3) is 0.333. The Morgan fingerprint density at radius 2 is 1.80 bits per heavy atom. The molecule has 0 saturated carbocycles. The molecule has 0 saturated heterocycles. The Morgan fingerprint density at radius 3 is 2.40 bits per heavy atom. The maximum Gasteiger partial charge on any atom is 0.179 e. The van der Waals surface area contributed by atoms with Crippen molar-refractivity contribution in [3.8, 4) is 0 Å². The molecule has 0 aliphatic rings. The fourth-order valence-corrected chi connectivity index (χ4v) is 3.30. The number of nitrogens with zero attached hydrogens (tertiary/aromatic N) is 1. The van der Waals surface area contributed by atoms with Gasteiger partial charge in [-0.15, -0.1) is 0 Å². The number of furan rings is 1. The standard InChI is InChI=1S/C15H19NO3S/c1-13-8-9-14(19-13)12-16(2)10-11-20(17,18)15-6-4-3-5-7-15/h3-9H,10-12H2,1-2H3. The quantitative estimate of drug-likeness (QED) is 0.821. The van der Waals surface area contributed by atoms with Crippen LogP contribution in [0.3, 0.4) is 0 Å². The highest BCUT2D eigenvalue weighted by molar-refractivity contribution is 7.91. The molecule has 0 aliphatic heterocycles. The molecule has 2 rings (SSSR count). The minimum atomic E-state index is -3.21. The highest BCUT2D eigenvalue weighted by Crippen LogP contribution is 2.12. The van der Waals surface area contributed by atoms with Crippen LogP contribution in [0, 0.1) is 6.92 Å². The van der Waals surface area contributed by atoms with Gasteiger partial charge >= 0.3 is 0 Å². The zero-order valence-corrected chi connectivity index (χ0v) is 12.6. The molecule has 0 amide bonds. The first-order chi connectivity index (χ1) is 9.47. The van der Waals surface area contributed by atoms with Gasteiger partial charge < -0.3 is 4.42 Å². The normalized spacial score (nSPS) is 11.9. The van der Waals surface area contributed by atoms with Gasteiger partial charge in [-0.05, 0) is 38.2 Å². The third-order valence-electron chi connectivity index (χ3n) is 3.07. The van der Waals surface area contributed by atoms with Crippen molar-refractivity contribution in [2.75, 3.05) is 19.3 Å². The van der Waals surface area contributed by atoms with E-state index >= 15 is 0 Å². The Kier molecular flexibility index (Phi) is 4.62. The number of rotatable bonds is 6. The Balaban J connectivity index is 1.91. The minimum Gasteiger partial charge on any atom is -0.465 e. The molecule has 0 unspecified atom stereocenters. The number of benzene rings is 1. The molecule has 0 fully saturated rings. The number of hydrogen-bond donors (Lipinski definition) is 0. The van der Waals surface area contributed by atoms with E-state index in [0.717, 1.165) is 11.5 Å². The van der Waals surface area contributed by atoms with E-state index in [2.05, 4.69) is 0 Å². The van der Waals surface area contributed by atoms with E-state index in [0.29, 0.717) is 18.0 Å². The van der Waals surface area contributed by atoms with Gasteiger partial charge in [-0.1, -0.05) is 18.2 Å². The van der Waals surface area contributed by atoms with Crippen LogP contribution in [-0.2, 0) is 16.4 Å². The Hall–Kier alpha value is -1.59. The summed E-state index contributed by atoms with van der Waals surface area (Å²) < 4.78 is 29.8. The predicted molar refractivity (Wildman–Crippen MR) is 78.3 cm³/mol. The Bertz CT molecular complexity index is 647. The molecule has 1 aromatic heterocycles. The van der Waals surface area contributed by atoms with Crippen LogP contribution in [0.25, 0.3) is 0 Å². The van der Waals surface area contributed by atoms with E-state index in [1.807, 2.05) is 37.1 Å². The zero-order valence-electron chi connectivity index (χ0n) is 11.7. The first-order valence-electron chi connectivity index (χ1n) is 6.49. The van der Waals surface area contributed by atoms with Crippen LogP contribution in [0.5, 0.6) is 0 Å². The molecule has 0 N–H and O–H groups in total. The summed E-state index contributed by atoms with van der Waals surface area (Å²) in [6.45, 7) is 2.97. The van der Waals surface area contributed by atoms with Crippen molar-refractivity contribution in [1.82, 2.24) is 4.90 Å². The third kappa shape index (κ3) is 3.95. The summed E-state index contributed by atoms with van der Waals surface area (Å²) >= 11 is 0. The maximum absolute atomic E-state index is 12.1. The van der Waals surface area contributed by atoms with Gasteiger partial charge in [0.2, 0.25) is 0 Å². The van der Waals surface area contributed by atoms with Crippen LogP contribution in [0.2, 0.25) is 0 Å². The van der Waals surface area contributed by atoms with Crippen molar-refractivity contribution in [2.24, 2.45) is 0 Å². The lowest BCUT2D eigenvalue weighted by Gasteiger charge is -2.15. The number of hydrogen-bond acceptors (Lipinski definition) is 4. The average molecular weight is 293 g/mol. The molecule has 0 radical (unpaired) electrons. The highest BCUT2D eigenvalue weighted by atomic mass is 32.2. The second-order valence-electron chi connectivity index (χ2n) is 4.88. The molecule has 4 nitrogen and oxygen atoms in total. The summed E-state index contributed by atoms with van der Waals surface area (Å²) in [6, 6.07) is 12.4. The fourth-order valence-electron chi connectivity index (χ4n) is 1.94. The topological polar surface area (TPSA) is 50.5 Å². The van der Waals surface area contributed by atoms with Crippen LogP contribution in [0.15, 0.2) is 51.8 Å². The zero-order chi connectivity index (χ0) is 14.6. The van der Waals surface area contributed by atoms with Gasteiger partial charge in [-0.2, -0.15) is 0 Å². The summed E-state index contributed by atoms with van der Waals surface area (Å²) in [5, 5.41) is 0. The molecule has 108 valence electrons. The van der Waals surface area contributed by atoms with E-state index in [4.69, 9.17) is 4.42 Å². The lowest BCUT2D eigenvalue weighted by Crippen LogP contribution is -2.25. The Labute approximate surface area is 119 Å². The molecule has 0 atom stereocenters. The van der Waals surface area contributed by atoms with Gasteiger partial charge in [0, 0.05) is 6.54 Å². The van der Waals surface area contributed by atoms with E-state index < -0.39 is 9.84 Å². The molecular formula is C15H19NO3S. The smallest absolute Gasteiger partial charge is 0.179 e. The lowest BCUT2D eigenvalue weighted by molar-refractivity contribution is 0.306. The summed E-state index contributed by atoms with van der Waals surface area (Å²) in [6.07, 6.45) is 0. The SMILES string of the molecule is Cc1ccc(CN(C)CCS(=O)(=O)c2ccccc2)o1. The van der Waals surface area contributed by atoms with Crippen molar-refractivity contribution in [1.29, 1.82) is 0 Å². The number of sulfone groups is 1. The van der Waals surface area contributed by atoms with Crippen molar-refractivity contribution in [2.45, 2.75) is 18.4 Å². The maximum atomic E-state index is 12.1. The molecule has 2 aromatic rings. The monoisotopic (exact) mass is 293 g/mol. The molecular weight excluding hydrogens is 274 g/mol. The van der Waals surface area contributed by atoms with Crippen LogP contribution in [0.4, 0.5) is 0 Å². The average Bonchev–Trinajstić information content (AvgIpc) is 2.83. The van der Waals surface area contributed by atoms with Gasteiger partial charge in [-0.25, -0.2) is 8.42 Å². The predicted octanol–water partition coefficient (Wildman–Crippen LogP) is 2.49. The van der Waals surface area contributed by atoms with Crippen molar-refractivity contribution in [3.63, 3.8) is 0 Å². The molecule has 0 bridgehead atoms. The van der Waals surface area contributed by atoms with Gasteiger partial charge in [0.1, 0.15) is 11.5 Å². The second-order valence-corrected chi connectivity index (χ2v) is 6.99. The third-order valence-corrected chi connectivity index (χ3v) is 4.78. The van der Waals surface area contributed by atoms with Crippen LogP contribution in [-0.4, -0.2) is 32.7 Å². The van der Waals surface area contributed by atoms with Crippen molar-refractivity contribution >= 4 is 9.84 Å². The Morgan fingerprint density at radius 1 is 1.10 bits per heavy atom. The molecule has 1 aromatic carbocycles. The van der Waals surface area contributed by atoms with E-state index in [-0.39, 0.29) is 5.75 Å².